The van der Waals surface area contributed by atoms with Crippen molar-refractivity contribution in [2.45, 2.75) is 176 Å². The number of ketones is 4. The third-order valence-electron chi connectivity index (χ3n) is 14.0. The Kier molecular flexibility index (Phi) is 31.9. The van der Waals surface area contributed by atoms with Gasteiger partial charge < -0.3 is 55.0 Å². The normalized spacial score (nSPS) is 20.2. The lowest BCUT2D eigenvalue weighted by atomic mass is 9.98. The monoisotopic (exact) mass is 1110 g/mol. The summed E-state index contributed by atoms with van der Waals surface area (Å²) in [7, 11) is 0. The second kappa shape index (κ2) is 38.5. The number of carbonyl (C=O) groups excluding carboxylic acids is 7. The Bertz CT molecular complexity index is 1900. The summed E-state index contributed by atoms with van der Waals surface area (Å²) >= 11 is 3.82. The zero-order valence-electron chi connectivity index (χ0n) is 45.4. The molecule has 5 amide bonds. The topological polar surface area (TPSA) is 235 Å². The van der Waals surface area contributed by atoms with E-state index in [1.165, 1.54) is 0 Å². The summed E-state index contributed by atoms with van der Waals surface area (Å²) in [6.07, 6.45) is 20.3. The number of hydrogen-bond donors (Lipinski definition) is 5. The molecule has 4 heterocycles. The number of fused-ring (bicyclic) bond motifs is 2. The maximum atomic E-state index is 13.3. The molecule has 6 atom stereocenters. The minimum Gasteiger partial charge on any atom is -0.379 e. The number of urea groups is 2. The highest BCUT2D eigenvalue weighted by Crippen LogP contribution is 2.34. The molecule has 1 aromatic carbocycles. The van der Waals surface area contributed by atoms with Crippen LogP contribution in [0.1, 0.15) is 162 Å². The zero-order chi connectivity index (χ0) is 54.7. The Hall–Kier alpha value is -4.07. The molecule has 6 unspecified atom stereocenters. The number of carbonyl (C=O) groups is 7. The van der Waals surface area contributed by atoms with E-state index in [2.05, 4.69) is 32.5 Å². The lowest BCUT2D eigenvalue weighted by Crippen LogP contribution is -2.36. The maximum Gasteiger partial charge on any atom is 0.315 e. The Morgan fingerprint density at radius 1 is 0.481 bits per heavy atom. The van der Waals surface area contributed by atoms with Gasteiger partial charge in [0.15, 0.2) is 11.6 Å². The van der Waals surface area contributed by atoms with E-state index in [1.807, 2.05) is 23.5 Å². The van der Waals surface area contributed by atoms with Gasteiger partial charge >= 0.3 is 12.1 Å². The minimum atomic E-state index is -0.291. The van der Waals surface area contributed by atoms with Gasteiger partial charge in [-0.15, -0.1) is 12.3 Å². The summed E-state index contributed by atoms with van der Waals surface area (Å²) in [5, 5.41) is 15.6. The minimum absolute atomic E-state index is 0.0630. The molecular weight excluding hydrogens is 1030 g/mol. The van der Waals surface area contributed by atoms with Crippen LogP contribution in [0.3, 0.4) is 0 Å². The van der Waals surface area contributed by atoms with Gasteiger partial charge in [-0.25, -0.2) is 9.59 Å². The van der Waals surface area contributed by atoms with Crippen molar-refractivity contribution < 1.29 is 62.0 Å². The lowest BCUT2D eigenvalue weighted by molar-refractivity contribution is -0.120. The average molecular weight is 1110 g/mol. The first-order valence-electron chi connectivity index (χ1n) is 28.4. The smallest absolute Gasteiger partial charge is 0.315 e. The van der Waals surface area contributed by atoms with Gasteiger partial charge in [0.2, 0.25) is 5.91 Å². The van der Waals surface area contributed by atoms with E-state index in [-0.39, 0.29) is 79.4 Å². The van der Waals surface area contributed by atoms with Crippen LogP contribution in [0, 0.1) is 12.3 Å². The molecule has 0 bridgehead atoms. The highest BCUT2D eigenvalue weighted by molar-refractivity contribution is 8.00. The molecule has 430 valence electrons. The first kappa shape index (κ1) is 63.8. The molecule has 5 rings (SSSR count). The van der Waals surface area contributed by atoms with Crippen LogP contribution < -0.4 is 26.6 Å². The predicted octanol–water partition coefficient (Wildman–Crippen LogP) is 7.77. The number of unbranched alkanes of at least 4 members (excludes halogenated alkanes) is 6. The highest BCUT2D eigenvalue weighted by atomic mass is 32.2. The summed E-state index contributed by atoms with van der Waals surface area (Å²) in [5.41, 5.74) is 1.11. The molecule has 4 aliphatic heterocycles. The number of hydrogen-bond acceptors (Lipinski definition) is 15. The van der Waals surface area contributed by atoms with Crippen molar-refractivity contribution in [3.63, 3.8) is 0 Å². The molecule has 0 aliphatic carbocycles. The second-order valence-corrected chi connectivity index (χ2v) is 22.8. The fraction of sp³-hybridized carbons (Fsp3) is 0.737. The Balaban J connectivity index is 0.800. The summed E-state index contributed by atoms with van der Waals surface area (Å²) in [4.78, 5) is 86.8. The van der Waals surface area contributed by atoms with Crippen LogP contribution >= 0.6 is 23.5 Å². The molecule has 1 aromatic rings. The van der Waals surface area contributed by atoms with Gasteiger partial charge in [-0.3, -0.25) is 24.0 Å². The summed E-state index contributed by atoms with van der Waals surface area (Å²) in [6, 6.07) is 5.61. The number of nitrogens with one attached hydrogen (secondary N) is 5. The molecular formula is C57H87N5O13S2. The largest absolute Gasteiger partial charge is 0.379 e. The van der Waals surface area contributed by atoms with Crippen LogP contribution in [0.4, 0.5) is 15.3 Å². The molecule has 20 heteroatoms. The summed E-state index contributed by atoms with van der Waals surface area (Å²) < 4.78 is 33.9. The van der Waals surface area contributed by atoms with E-state index in [4.69, 9.17) is 34.8 Å². The van der Waals surface area contributed by atoms with E-state index in [9.17, 15) is 33.6 Å². The predicted molar refractivity (Wildman–Crippen MR) is 300 cm³/mol. The van der Waals surface area contributed by atoms with Gasteiger partial charge in [-0.05, 0) is 95.2 Å². The molecule has 4 fully saturated rings. The molecule has 18 nitrogen and oxygen atoms in total. The number of Topliss-reactive ketones (excluding diaryl/α,β-unsaturated/α-hetero) is 4. The van der Waals surface area contributed by atoms with E-state index in [1.54, 1.807) is 18.2 Å². The maximum absolute atomic E-state index is 13.3. The first-order valence-corrected chi connectivity index (χ1v) is 30.5. The van der Waals surface area contributed by atoms with Crippen molar-refractivity contribution in [1.29, 1.82) is 0 Å². The molecule has 0 saturated carbocycles. The van der Waals surface area contributed by atoms with Crippen LogP contribution in [0.5, 0.6) is 0 Å². The van der Waals surface area contributed by atoms with Crippen molar-refractivity contribution in [3.05, 3.63) is 29.3 Å². The van der Waals surface area contributed by atoms with Gasteiger partial charge in [0.05, 0.1) is 77.0 Å². The fourth-order valence-corrected chi connectivity index (χ4v) is 12.8. The number of benzene rings is 1. The van der Waals surface area contributed by atoms with Crippen LogP contribution in [0.2, 0.25) is 0 Å². The van der Waals surface area contributed by atoms with Crippen LogP contribution in [-0.2, 0) is 42.8 Å². The number of anilines is 1. The number of ether oxygens (including phenoxy) is 6. The van der Waals surface area contributed by atoms with Gasteiger partial charge in [0.25, 0.3) is 0 Å². The van der Waals surface area contributed by atoms with Gasteiger partial charge in [-0.1, -0.05) is 12.8 Å². The number of rotatable bonds is 47. The molecule has 4 aliphatic rings. The number of thioether (sulfide) groups is 2. The number of terminal acetylenes is 1. The zero-order valence-corrected chi connectivity index (χ0v) is 47.0. The third kappa shape index (κ3) is 26.2. The quantitative estimate of drug-likeness (QED) is 0.0181. The van der Waals surface area contributed by atoms with Gasteiger partial charge in [0, 0.05) is 117 Å². The van der Waals surface area contributed by atoms with E-state index in [0.717, 1.165) is 75.7 Å². The average Bonchev–Trinajstić information content (AvgIpc) is 4.23. The first-order chi connectivity index (χ1) is 37.6. The molecule has 77 heavy (non-hydrogen) atoms. The molecule has 4 saturated heterocycles. The Morgan fingerprint density at radius 3 is 1.23 bits per heavy atom. The molecule has 0 radical (unpaired) electrons. The van der Waals surface area contributed by atoms with Gasteiger partial charge in [-0.2, -0.15) is 23.5 Å². The van der Waals surface area contributed by atoms with E-state index >= 15 is 0 Å². The highest BCUT2D eigenvalue weighted by Gasteiger charge is 2.43. The van der Waals surface area contributed by atoms with Crippen molar-refractivity contribution in [2.24, 2.45) is 0 Å². The van der Waals surface area contributed by atoms with Gasteiger partial charge in [0.1, 0.15) is 11.6 Å². The molecule has 5 N–H and O–H groups in total. The van der Waals surface area contributed by atoms with Crippen LogP contribution in [0.25, 0.3) is 0 Å². The lowest BCUT2D eigenvalue weighted by Gasteiger charge is -2.16. The SMILES string of the molecule is C#CCCC(=O)Nc1cc(C(=O)CCCCOCCOCCOCCCCC(=O)CCCCC2SCC3NC(=O)NC32)cc(C(=O)CCCCOCCOCCOCCCCC(=O)CCCCC2SCC3NC(=O)NC32)c1. The van der Waals surface area contributed by atoms with Crippen LogP contribution in [-0.4, -0.2) is 167 Å². The Morgan fingerprint density at radius 2 is 0.844 bits per heavy atom. The number of amides is 5. The molecule has 0 spiro atoms. The summed E-state index contributed by atoms with van der Waals surface area (Å²) in [5.74, 6) is 4.42. The standard InChI is InChI=1S/C57H87N5O13S2/c1-2-3-24-53(67)58-44-38-42(49(65)20-10-14-27-72-31-35-74-33-29-70-25-12-8-18-45(63)16-4-6-22-51-54-47(40-76-51)59-56(68)61-54)37-43(39-44)50(66)21-11-15-28-73-32-36-75-34-30-71-26-13-9-19-46(64)17-5-7-23-52-55-48(41-77-52)60-57(69)62-55/h1,37-39,47-48,51-52,54-55H,3-36,40-41H2,(H,58,67)(H2,59,61,68)(H2,60,62,69). The van der Waals surface area contributed by atoms with Crippen molar-refractivity contribution >= 4 is 70.3 Å². The second-order valence-electron chi connectivity index (χ2n) is 20.2. The molecule has 0 aromatic heterocycles. The van der Waals surface area contributed by atoms with Crippen molar-refractivity contribution in [3.8, 4) is 12.3 Å². The summed E-state index contributed by atoms with van der Waals surface area (Å²) in [6.45, 7) is 5.69. The fourth-order valence-electron chi connectivity index (χ4n) is 9.71. The van der Waals surface area contributed by atoms with Crippen molar-refractivity contribution in [1.82, 2.24) is 21.3 Å². The van der Waals surface area contributed by atoms with Crippen LogP contribution in [0.15, 0.2) is 18.2 Å². The van der Waals surface area contributed by atoms with E-state index in [0.29, 0.717) is 170 Å². The third-order valence-corrected chi connectivity index (χ3v) is 17.0. The van der Waals surface area contributed by atoms with E-state index < -0.39 is 0 Å². The Labute approximate surface area is 465 Å². The van der Waals surface area contributed by atoms with Crippen molar-refractivity contribution in [2.75, 3.05) is 96.1 Å².